The van der Waals surface area contributed by atoms with E-state index in [1.54, 1.807) is 6.20 Å². The van der Waals surface area contributed by atoms with Crippen molar-refractivity contribution >= 4 is 17.3 Å². The number of hydrogen-bond acceptors (Lipinski definition) is 5. The van der Waals surface area contributed by atoms with E-state index in [1.807, 2.05) is 49.4 Å². The molecule has 3 N–H and O–H groups in total. The van der Waals surface area contributed by atoms with Gasteiger partial charge in [0, 0.05) is 23.5 Å². The lowest BCUT2D eigenvalue weighted by Crippen LogP contribution is -1.98. The molecule has 0 aliphatic rings. The van der Waals surface area contributed by atoms with Gasteiger partial charge in [-0.2, -0.15) is 0 Å². The maximum absolute atomic E-state index is 5.95. The van der Waals surface area contributed by atoms with E-state index in [0.717, 1.165) is 28.3 Å². The van der Waals surface area contributed by atoms with E-state index in [2.05, 4.69) is 20.3 Å². The maximum Gasteiger partial charge on any atom is 0.135 e. The third-order valence-electron chi connectivity index (χ3n) is 3.24. The van der Waals surface area contributed by atoms with Crippen molar-refractivity contribution in [1.82, 2.24) is 15.0 Å². The fraction of sp³-hybridized carbons (Fsp3) is 0.0625. The van der Waals surface area contributed by atoms with Crippen LogP contribution in [0.2, 0.25) is 0 Å². The number of nitrogens with zero attached hydrogens (tertiary/aromatic N) is 3. The van der Waals surface area contributed by atoms with Crippen LogP contribution in [0.3, 0.4) is 0 Å². The lowest BCUT2D eigenvalue weighted by Gasteiger charge is -2.09. The third-order valence-corrected chi connectivity index (χ3v) is 3.24. The highest BCUT2D eigenvalue weighted by molar-refractivity contribution is 5.72. The molecular formula is C16H15N5. The molecule has 0 aliphatic carbocycles. The van der Waals surface area contributed by atoms with Crippen LogP contribution in [-0.4, -0.2) is 15.0 Å². The molecule has 104 valence electrons. The van der Waals surface area contributed by atoms with Crippen LogP contribution in [0, 0.1) is 6.92 Å². The van der Waals surface area contributed by atoms with Gasteiger partial charge in [-0.05, 0) is 30.7 Å². The van der Waals surface area contributed by atoms with Crippen LogP contribution < -0.4 is 11.1 Å². The Morgan fingerprint density at radius 1 is 0.952 bits per heavy atom. The lowest BCUT2D eigenvalue weighted by atomic mass is 10.0. The van der Waals surface area contributed by atoms with Crippen LogP contribution in [0.25, 0.3) is 11.3 Å². The first-order valence-electron chi connectivity index (χ1n) is 6.59. The molecule has 3 aromatic rings. The second-order valence-corrected chi connectivity index (χ2v) is 4.65. The van der Waals surface area contributed by atoms with Gasteiger partial charge in [0.15, 0.2) is 0 Å². The van der Waals surface area contributed by atoms with Crippen molar-refractivity contribution in [2.45, 2.75) is 6.92 Å². The van der Waals surface area contributed by atoms with Crippen LogP contribution in [0.4, 0.5) is 17.3 Å². The highest BCUT2D eigenvalue weighted by atomic mass is 15.1. The van der Waals surface area contributed by atoms with Crippen LogP contribution >= 0.6 is 0 Å². The predicted molar refractivity (Wildman–Crippen MR) is 84.1 cm³/mol. The molecule has 0 aliphatic heterocycles. The number of pyridine rings is 1. The first kappa shape index (κ1) is 13.1. The van der Waals surface area contributed by atoms with E-state index in [4.69, 9.17) is 5.73 Å². The van der Waals surface area contributed by atoms with Crippen molar-refractivity contribution in [1.29, 1.82) is 0 Å². The molecular weight excluding hydrogens is 262 g/mol. The smallest absolute Gasteiger partial charge is 0.135 e. The van der Waals surface area contributed by atoms with Gasteiger partial charge in [-0.1, -0.05) is 18.2 Å². The molecule has 0 unspecified atom stereocenters. The first-order valence-corrected chi connectivity index (χ1v) is 6.59. The molecule has 3 rings (SSSR count). The third kappa shape index (κ3) is 2.81. The Balaban J connectivity index is 1.95. The Morgan fingerprint density at radius 2 is 1.86 bits per heavy atom. The number of rotatable bonds is 3. The van der Waals surface area contributed by atoms with E-state index >= 15 is 0 Å². The summed E-state index contributed by atoms with van der Waals surface area (Å²) in [7, 11) is 0. The topological polar surface area (TPSA) is 76.7 Å². The molecule has 1 aromatic carbocycles. The summed E-state index contributed by atoms with van der Waals surface area (Å²) >= 11 is 0. The van der Waals surface area contributed by atoms with Crippen LogP contribution in [-0.2, 0) is 0 Å². The van der Waals surface area contributed by atoms with E-state index in [1.165, 1.54) is 6.33 Å². The Morgan fingerprint density at radius 3 is 2.67 bits per heavy atom. The van der Waals surface area contributed by atoms with Gasteiger partial charge in [0.05, 0.1) is 5.69 Å². The summed E-state index contributed by atoms with van der Waals surface area (Å²) in [5.41, 5.74) is 9.55. The van der Waals surface area contributed by atoms with Crippen molar-refractivity contribution in [3.8, 4) is 11.3 Å². The quantitative estimate of drug-likeness (QED) is 0.719. The average Bonchev–Trinajstić information content (AvgIpc) is 2.51. The summed E-state index contributed by atoms with van der Waals surface area (Å²) in [4.78, 5) is 12.8. The molecule has 0 amide bonds. The number of hydrogen-bond donors (Lipinski definition) is 2. The predicted octanol–water partition coefficient (Wildman–Crippen LogP) is 3.17. The van der Waals surface area contributed by atoms with Crippen molar-refractivity contribution in [2.24, 2.45) is 0 Å². The molecule has 5 heteroatoms. The fourth-order valence-electron chi connectivity index (χ4n) is 2.07. The molecule has 0 fully saturated rings. The largest absolute Gasteiger partial charge is 0.398 e. The fourth-order valence-corrected chi connectivity index (χ4v) is 2.07. The summed E-state index contributed by atoms with van der Waals surface area (Å²) in [5, 5.41) is 3.15. The highest BCUT2D eigenvalue weighted by Crippen LogP contribution is 2.26. The van der Waals surface area contributed by atoms with Crippen LogP contribution in [0.5, 0.6) is 0 Å². The number of nitrogens with two attached hydrogens (primary N) is 1. The summed E-state index contributed by atoms with van der Waals surface area (Å²) < 4.78 is 0. The molecule has 0 saturated heterocycles. The minimum Gasteiger partial charge on any atom is -0.398 e. The lowest BCUT2D eigenvalue weighted by molar-refractivity contribution is 1.16. The number of benzene rings is 1. The maximum atomic E-state index is 5.95. The van der Waals surface area contributed by atoms with Gasteiger partial charge in [-0.3, -0.25) is 0 Å². The number of nitrogen functional groups attached to an aromatic ring is 1. The molecule has 0 radical (unpaired) electrons. The van der Waals surface area contributed by atoms with Crippen molar-refractivity contribution in [2.75, 3.05) is 11.1 Å². The van der Waals surface area contributed by atoms with Crippen molar-refractivity contribution in [3.05, 3.63) is 60.6 Å². The van der Waals surface area contributed by atoms with Gasteiger partial charge in [0.1, 0.15) is 18.0 Å². The zero-order chi connectivity index (χ0) is 14.7. The Bertz CT molecular complexity index is 756. The molecule has 2 heterocycles. The van der Waals surface area contributed by atoms with Gasteiger partial charge in [-0.15, -0.1) is 0 Å². The second kappa shape index (κ2) is 5.58. The van der Waals surface area contributed by atoms with Gasteiger partial charge < -0.3 is 11.1 Å². The van der Waals surface area contributed by atoms with E-state index in [-0.39, 0.29) is 0 Å². The van der Waals surface area contributed by atoms with Gasteiger partial charge in [-0.25, -0.2) is 15.0 Å². The zero-order valence-electron chi connectivity index (χ0n) is 11.6. The van der Waals surface area contributed by atoms with E-state index in [0.29, 0.717) is 5.82 Å². The highest BCUT2D eigenvalue weighted by Gasteiger charge is 2.07. The minimum atomic E-state index is 0.695. The second-order valence-electron chi connectivity index (χ2n) is 4.65. The monoisotopic (exact) mass is 277 g/mol. The molecule has 5 nitrogen and oxygen atoms in total. The van der Waals surface area contributed by atoms with Gasteiger partial charge in [0.25, 0.3) is 0 Å². The Kier molecular flexibility index (Phi) is 3.47. The van der Waals surface area contributed by atoms with Crippen molar-refractivity contribution < 1.29 is 0 Å². The molecule has 21 heavy (non-hydrogen) atoms. The zero-order valence-corrected chi connectivity index (χ0v) is 11.6. The minimum absolute atomic E-state index is 0.695. The standard InChI is InChI=1S/C16H15N5/c1-11-12(5-4-6-13(11)17)14-9-16(20-10-19-14)21-15-7-2-3-8-18-15/h2-10H,17H2,1H3,(H,18,19,20,21). The van der Waals surface area contributed by atoms with Crippen molar-refractivity contribution in [3.63, 3.8) is 0 Å². The normalized spacial score (nSPS) is 10.3. The summed E-state index contributed by atoms with van der Waals surface area (Å²) in [6.45, 7) is 1.98. The summed E-state index contributed by atoms with van der Waals surface area (Å²) in [6, 6.07) is 13.4. The van der Waals surface area contributed by atoms with Gasteiger partial charge >= 0.3 is 0 Å². The first-order chi connectivity index (χ1) is 10.2. The number of aromatic nitrogens is 3. The summed E-state index contributed by atoms with van der Waals surface area (Å²) in [5.74, 6) is 1.44. The average molecular weight is 277 g/mol. The van der Waals surface area contributed by atoms with Gasteiger partial charge in [0.2, 0.25) is 0 Å². The Labute approximate surface area is 122 Å². The molecule has 0 saturated carbocycles. The SMILES string of the molecule is Cc1c(N)cccc1-c1cc(Nc2ccccn2)ncn1. The molecule has 0 spiro atoms. The van der Waals surface area contributed by atoms with Crippen LogP contribution in [0.15, 0.2) is 55.0 Å². The van der Waals surface area contributed by atoms with E-state index in [9.17, 15) is 0 Å². The molecule has 2 aromatic heterocycles. The van der Waals surface area contributed by atoms with E-state index < -0.39 is 0 Å². The molecule has 0 atom stereocenters. The number of anilines is 3. The molecule has 0 bridgehead atoms. The number of nitrogens with one attached hydrogen (secondary N) is 1. The summed E-state index contributed by atoms with van der Waals surface area (Å²) in [6.07, 6.45) is 3.26. The Hall–Kier alpha value is -2.95. The van der Waals surface area contributed by atoms with Crippen LogP contribution in [0.1, 0.15) is 5.56 Å².